The van der Waals surface area contributed by atoms with Crippen LogP contribution in [0.3, 0.4) is 0 Å². The van der Waals surface area contributed by atoms with E-state index in [0.717, 1.165) is 19.2 Å². The van der Waals surface area contributed by atoms with E-state index >= 15 is 0 Å². The molecule has 0 aliphatic rings. The van der Waals surface area contributed by atoms with Crippen LogP contribution < -0.4 is 15.2 Å². The summed E-state index contributed by atoms with van der Waals surface area (Å²) in [6.45, 7) is 0. The van der Waals surface area contributed by atoms with Gasteiger partial charge in [-0.05, 0) is 12.1 Å². The zero-order valence-electron chi connectivity index (χ0n) is 9.88. The van der Waals surface area contributed by atoms with Gasteiger partial charge in [0.25, 0.3) is 0 Å². The van der Waals surface area contributed by atoms with Crippen LogP contribution in [0.2, 0.25) is 0 Å². The molecule has 3 nitrogen and oxygen atoms in total. The average molecular weight is 326 g/mol. The lowest BCUT2D eigenvalue weighted by Gasteiger charge is -2.19. The first kappa shape index (κ1) is 18.7. The van der Waals surface area contributed by atoms with Crippen molar-refractivity contribution < 1.29 is 35.8 Å². The van der Waals surface area contributed by atoms with Gasteiger partial charge in [0.05, 0.1) is 7.11 Å². The quantitative estimate of drug-likeness (QED) is 0.864. The maximum Gasteiger partial charge on any atom is 0.573 e. The van der Waals surface area contributed by atoms with Crippen molar-refractivity contribution in [2.24, 2.45) is 5.73 Å². The van der Waals surface area contributed by atoms with E-state index in [1.807, 2.05) is 0 Å². The molecule has 0 fully saturated rings. The first-order valence-electron chi connectivity index (χ1n) is 4.80. The fourth-order valence-electron chi connectivity index (χ4n) is 1.32. The largest absolute Gasteiger partial charge is 0.573 e. The Morgan fingerprint density at radius 3 is 2.05 bits per heavy atom. The molecule has 0 aromatic heterocycles. The first-order valence-corrected chi connectivity index (χ1v) is 4.80. The summed E-state index contributed by atoms with van der Waals surface area (Å²) in [7, 11) is 1.01. The lowest BCUT2D eigenvalue weighted by Crippen LogP contribution is -2.28. The second-order valence-electron chi connectivity index (χ2n) is 3.47. The number of benzene rings is 1. The van der Waals surface area contributed by atoms with Crippen LogP contribution in [-0.4, -0.2) is 19.6 Å². The summed E-state index contributed by atoms with van der Waals surface area (Å²) in [5.74, 6) is -1.13. The molecule has 1 rings (SSSR count). The lowest BCUT2D eigenvalue weighted by molar-refractivity contribution is -0.274. The molecule has 1 aromatic rings. The molecule has 20 heavy (non-hydrogen) atoms. The Bertz CT molecular complexity index is 448. The van der Waals surface area contributed by atoms with E-state index < -0.39 is 35.6 Å². The number of rotatable bonds is 3. The highest BCUT2D eigenvalue weighted by molar-refractivity contribution is 5.85. The first-order chi connectivity index (χ1) is 8.54. The van der Waals surface area contributed by atoms with Crippen LogP contribution in [0.4, 0.5) is 26.3 Å². The van der Waals surface area contributed by atoms with Crippen molar-refractivity contribution in [2.75, 3.05) is 7.11 Å². The van der Waals surface area contributed by atoms with E-state index in [2.05, 4.69) is 9.47 Å². The van der Waals surface area contributed by atoms with Gasteiger partial charge in [0.1, 0.15) is 17.5 Å². The molecule has 0 unspecified atom stereocenters. The Labute approximate surface area is 116 Å². The number of nitrogens with two attached hydrogens (primary N) is 1. The monoisotopic (exact) mass is 325 g/mol. The second-order valence-corrected chi connectivity index (χ2v) is 3.47. The fourth-order valence-corrected chi connectivity index (χ4v) is 1.32. The molecule has 1 aromatic carbocycles. The van der Waals surface area contributed by atoms with Gasteiger partial charge in [-0.3, -0.25) is 0 Å². The van der Waals surface area contributed by atoms with Crippen molar-refractivity contribution in [2.45, 2.75) is 18.6 Å². The molecule has 1 atom stereocenters. The van der Waals surface area contributed by atoms with E-state index in [-0.39, 0.29) is 12.4 Å². The highest BCUT2D eigenvalue weighted by atomic mass is 35.5. The van der Waals surface area contributed by atoms with E-state index in [9.17, 15) is 26.3 Å². The number of hydrogen-bond donors (Lipinski definition) is 1. The zero-order chi connectivity index (χ0) is 14.8. The molecular formula is C10H10ClF6NO2. The normalized spacial score (nSPS) is 13.4. The summed E-state index contributed by atoms with van der Waals surface area (Å²) >= 11 is 0. The molecule has 0 radical (unpaired) electrons. The van der Waals surface area contributed by atoms with E-state index in [4.69, 9.17) is 5.73 Å². The minimum absolute atomic E-state index is 0. The maximum absolute atomic E-state index is 12.4. The van der Waals surface area contributed by atoms with Gasteiger partial charge in [-0.2, -0.15) is 13.2 Å². The average Bonchev–Trinajstić information content (AvgIpc) is 2.24. The summed E-state index contributed by atoms with van der Waals surface area (Å²) in [6.07, 6.45) is -9.68. The van der Waals surface area contributed by atoms with Crippen LogP contribution in [0.1, 0.15) is 11.6 Å². The molecule has 0 amide bonds. The van der Waals surface area contributed by atoms with Gasteiger partial charge < -0.3 is 15.2 Å². The Morgan fingerprint density at radius 1 is 1.10 bits per heavy atom. The van der Waals surface area contributed by atoms with Crippen LogP contribution in [0.5, 0.6) is 11.5 Å². The predicted octanol–water partition coefficient (Wildman–Crippen LogP) is 3.58. The SMILES string of the molecule is COc1cc(OC(F)(F)F)ccc1[C@@H](N)C(F)(F)F.Cl. The molecule has 0 saturated carbocycles. The van der Waals surface area contributed by atoms with Gasteiger partial charge in [0.15, 0.2) is 0 Å². The molecule has 2 N–H and O–H groups in total. The standard InChI is InChI=1S/C10H9F6NO2.ClH/c1-18-7-4-5(19-10(14,15)16)2-3-6(7)8(17)9(11,12)13;/h2-4,8H,17H2,1H3;1H/t8-;/m1./s1. The highest BCUT2D eigenvalue weighted by Crippen LogP contribution is 2.37. The third kappa shape index (κ3) is 4.97. The smallest absolute Gasteiger partial charge is 0.496 e. The minimum atomic E-state index is -4.95. The van der Waals surface area contributed by atoms with Gasteiger partial charge in [0.2, 0.25) is 0 Å². The van der Waals surface area contributed by atoms with Gasteiger partial charge in [-0.15, -0.1) is 25.6 Å². The molecular weight excluding hydrogens is 316 g/mol. The Hall–Kier alpha value is -1.35. The lowest BCUT2D eigenvalue weighted by atomic mass is 10.1. The number of ether oxygens (including phenoxy) is 2. The molecule has 0 aliphatic carbocycles. The number of methoxy groups -OCH3 is 1. The number of hydrogen-bond acceptors (Lipinski definition) is 3. The molecule has 0 spiro atoms. The van der Waals surface area contributed by atoms with Gasteiger partial charge in [0, 0.05) is 11.6 Å². The molecule has 0 saturated heterocycles. The van der Waals surface area contributed by atoms with Crippen LogP contribution in [0.15, 0.2) is 18.2 Å². The molecule has 10 heteroatoms. The van der Waals surface area contributed by atoms with Crippen molar-refractivity contribution in [3.63, 3.8) is 0 Å². The summed E-state index contributed by atoms with van der Waals surface area (Å²) in [6, 6.07) is -0.161. The van der Waals surface area contributed by atoms with Crippen LogP contribution in [-0.2, 0) is 0 Å². The molecule has 0 aliphatic heterocycles. The van der Waals surface area contributed by atoms with E-state index in [0.29, 0.717) is 6.07 Å². The highest BCUT2D eigenvalue weighted by Gasteiger charge is 2.40. The van der Waals surface area contributed by atoms with E-state index in [1.54, 1.807) is 0 Å². The summed E-state index contributed by atoms with van der Waals surface area (Å²) in [4.78, 5) is 0. The third-order valence-electron chi connectivity index (χ3n) is 2.13. The van der Waals surface area contributed by atoms with Gasteiger partial charge >= 0.3 is 12.5 Å². The molecule has 0 bridgehead atoms. The molecule has 116 valence electrons. The van der Waals surface area contributed by atoms with Crippen LogP contribution in [0, 0.1) is 0 Å². The maximum atomic E-state index is 12.4. The molecule has 0 heterocycles. The van der Waals surface area contributed by atoms with Gasteiger partial charge in [-0.25, -0.2) is 0 Å². The van der Waals surface area contributed by atoms with Crippen molar-refractivity contribution in [3.05, 3.63) is 23.8 Å². The third-order valence-corrected chi connectivity index (χ3v) is 2.13. The summed E-state index contributed by atoms with van der Waals surface area (Å²) in [5.41, 5.74) is 4.48. The topological polar surface area (TPSA) is 44.5 Å². The zero-order valence-corrected chi connectivity index (χ0v) is 10.7. The van der Waals surface area contributed by atoms with Crippen LogP contribution in [0.25, 0.3) is 0 Å². The minimum Gasteiger partial charge on any atom is -0.496 e. The summed E-state index contributed by atoms with van der Waals surface area (Å²) in [5, 5.41) is 0. The Kier molecular flexibility index (Phi) is 5.97. The Morgan fingerprint density at radius 2 is 1.65 bits per heavy atom. The second kappa shape index (κ2) is 6.40. The fraction of sp³-hybridized carbons (Fsp3) is 0.400. The number of halogens is 7. The van der Waals surface area contributed by atoms with Crippen LogP contribution >= 0.6 is 12.4 Å². The summed E-state index contributed by atoms with van der Waals surface area (Å²) < 4.78 is 81.3. The van der Waals surface area contributed by atoms with Crippen molar-refractivity contribution in [3.8, 4) is 11.5 Å². The number of alkyl halides is 6. The predicted molar refractivity (Wildman–Crippen MR) is 59.9 cm³/mol. The van der Waals surface area contributed by atoms with Crippen molar-refractivity contribution in [1.29, 1.82) is 0 Å². The van der Waals surface area contributed by atoms with Crippen molar-refractivity contribution in [1.82, 2.24) is 0 Å². The van der Waals surface area contributed by atoms with Crippen molar-refractivity contribution >= 4 is 12.4 Å². The van der Waals surface area contributed by atoms with Gasteiger partial charge in [-0.1, -0.05) is 0 Å². The van der Waals surface area contributed by atoms with E-state index in [1.165, 1.54) is 0 Å². The Balaban J connectivity index is 0.00000361.